The van der Waals surface area contributed by atoms with Gasteiger partial charge in [-0.05, 0) is 49.3 Å². The van der Waals surface area contributed by atoms with Crippen LogP contribution < -0.4 is 4.74 Å². The van der Waals surface area contributed by atoms with E-state index in [1.54, 1.807) is 12.1 Å². The van der Waals surface area contributed by atoms with E-state index < -0.39 is 10.0 Å². The Balaban J connectivity index is 1.95. The van der Waals surface area contributed by atoms with Crippen molar-refractivity contribution in [2.75, 3.05) is 27.7 Å². The van der Waals surface area contributed by atoms with Gasteiger partial charge >= 0.3 is 0 Å². The first kappa shape index (κ1) is 20.1. The Kier molecular flexibility index (Phi) is 5.82. The van der Waals surface area contributed by atoms with Crippen molar-refractivity contribution in [1.29, 1.82) is 0 Å². The van der Waals surface area contributed by atoms with Crippen molar-refractivity contribution >= 4 is 15.9 Å². The fraction of sp³-hybridized carbons (Fsp3) is 0.650. The van der Waals surface area contributed by atoms with Gasteiger partial charge in [-0.2, -0.15) is 0 Å². The number of nitrogens with zero attached hydrogens (tertiary/aromatic N) is 2. The van der Waals surface area contributed by atoms with Gasteiger partial charge in [-0.15, -0.1) is 0 Å². The maximum atomic E-state index is 13.3. The number of methoxy groups -OCH3 is 1. The van der Waals surface area contributed by atoms with Crippen LogP contribution in [0.2, 0.25) is 0 Å². The number of piperidine rings is 1. The highest BCUT2D eigenvalue weighted by molar-refractivity contribution is 7.89. The van der Waals surface area contributed by atoms with Crippen LogP contribution in [0.1, 0.15) is 49.4 Å². The molecular weight excluding hydrogens is 364 g/mol. The number of hydrogen-bond donors (Lipinski definition) is 0. The molecule has 0 spiro atoms. The lowest BCUT2D eigenvalue weighted by Gasteiger charge is -2.47. The van der Waals surface area contributed by atoms with Gasteiger partial charge in [-0.25, -0.2) is 12.7 Å². The number of ether oxygens (including phenoxy) is 1. The number of fused-ring (bicyclic) bond motifs is 1. The number of carbonyl (C=O) groups excluding carboxylic acids is 1. The molecule has 1 aliphatic heterocycles. The fourth-order valence-corrected chi connectivity index (χ4v) is 5.61. The Morgan fingerprint density at radius 1 is 1.19 bits per heavy atom. The molecule has 1 amide bonds. The van der Waals surface area contributed by atoms with Crippen molar-refractivity contribution < 1.29 is 17.9 Å². The van der Waals surface area contributed by atoms with Gasteiger partial charge in [0.2, 0.25) is 10.0 Å². The van der Waals surface area contributed by atoms with Crippen LogP contribution in [0.3, 0.4) is 0 Å². The second-order valence-electron chi connectivity index (χ2n) is 7.93. The third-order valence-electron chi connectivity index (χ3n) is 6.17. The summed E-state index contributed by atoms with van der Waals surface area (Å²) < 4.78 is 31.7. The predicted molar refractivity (Wildman–Crippen MR) is 104 cm³/mol. The lowest BCUT2D eigenvalue weighted by molar-refractivity contribution is 0.0217. The number of rotatable bonds is 4. The highest BCUT2D eigenvalue weighted by atomic mass is 32.2. The van der Waals surface area contributed by atoms with Crippen LogP contribution in [0, 0.1) is 11.8 Å². The largest absolute Gasteiger partial charge is 0.495 e. The molecule has 2 aliphatic rings. The molecule has 0 aromatic heterocycles. The molecule has 1 saturated heterocycles. The number of sulfonamides is 1. The summed E-state index contributed by atoms with van der Waals surface area (Å²) in [6.07, 6.45) is 5.62. The van der Waals surface area contributed by atoms with E-state index in [4.69, 9.17) is 4.74 Å². The van der Waals surface area contributed by atoms with Crippen molar-refractivity contribution in [3.63, 3.8) is 0 Å². The molecule has 3 rings (SSSR count). The lowest BCUT2D eigenvalue weighted by Crippen LogP contribution is -2.52. The maximum absolute atomic E-state index is 13.3. The summed E-state index contributed by atoms with van der Waals surface area (Å²) in [6.45, 7) is 3.03. The van der Waals surface area contributed by atoms with E-state index in [0.717, 1.165) is 30.1 Å². The molecule has 3 atom stereocenters. The molecule has 0 N–H and O–H groups in total. The van der Waals surface area contributed by atoms with Crippen LogP contribution in [0.4, 0.5) is 0 Å². The second-order valence-corrected chi connectivity index (χ2v) is 10.1. The molecule has 1 aromatic carbocycles. The molecule has 1 saturated carbocycles. The predicted octanol–water partition coefficient (Wildman–Crippen LogP) is 2.99. The zero-order chi connectivity index (χ0) is 19.8. The summed E-state index contributed by atoms with van der Waals surface area (Å²) in [5, 5.41) is 0. The van der Waals surface area contributed by atoms with Crippen LogP contribution in [-0.2, 0) is 10.0 Å². The third-order valence-corrected chi connectivity index (χ3v) is 8.00. The van der Waals surface area contributed by atoms with Gasteiger partial charge < -0.3 is 9.64 Å². The van der Waals surface area contributed by atoms with Crippen molar-refractivity contribution in [2.24, 2.45) is 11.8 Å². The molecule has 0 radical (unpaired) electrons. The topological polar surface area (TPSA) is 66.9 Å². The monoisotopic (exact) mass is 394 g/mol. The van der Waals surface area contributed by atoms with Crippen LogP contribution in [0.25, 0.3) is 0 Å². The molecule has 27 heavy (non-hydrogen) atoms. The zero-order valence-electron chi connectivity index (χ0n) is 16.6. The third kappa shape index (κ3) is 3.72. The standard InChI is InChI=1S/C20H30N2O4S/c1-14-11-12-22(17-8-6-5-7-16(14)17)20(23)15-9-10-18(26-4)19(13-15)27(24,25)21(2)3/h9-10,13-14,16-17H,5-8,11-12H2,1-4H3. The molecule has 150 valence electrons. The van der Waals surface area contributed by atoms with Gasteiger partial charge in [0.05, 0.1) is 7.11 Å². The van der Waals surface area contributed by atoms with Gasteiger partial charge in [-0.1, -0.05) is 19.8 Å². The van der Waals surface area contributed by atoms with Crippen LogP contribution in [0.15, 0.2) is 23.1 Å². The Hall–Kier alpha value is -1.60. The smallest absolute Gasteiger partial charge is 0.254 e. The molecule has 1 heterocycles. The number of benzene rings is 1. The van der Waals surface area contributed by atoms with E-state index in [0.29, 0.717) is 17.4 Å². The highest BCUT2D eigenvalue weighted by Crippen LogP contribution is 2.39. The SMILES string of the molecule is COc1ccc(C(=O)N2CCC(C)C3CCCCC32)cc1S(=O)(=O)N(C)C. The molecule has 7 heteroatoms. The first-order valence-electron chi connectivity index (χ1n) is 9.69. The van der Waals surface area contributed by atoms with E-state index in [1.165, 1.54) is 40.1 Å². The van der Waals surface area contributed by atoms with Crippen LogP contribution in [-0.4, -0.2) is 57.3 Å². The molecule has 1 aromatic rings. The Morgan fingerprint density at radius 3 is 2.56 bits per heavy atom. The molecule has 1 aliphatic carbocycles. The average molecular weight is 395 g/mol. The number of carbonyl (C=O) groups is 1. The minimum Gasteiger partial charge on any atom is -0.495 e. The normalized spacial score (nSPS) is 26.0. The summed E-state index contributed by atoms with van der Waals surface area (Å²) in [4.78, 5) is 15.3. The minimum absolute atomic E-state index is 0.0337. The average Bonchev–Trinajstić information content (AvgIpc) is 2.67. The number of amides is 1. The molecule has 0 bridgehead atoms. The Labute approximate surface area is 162 Å². The number of hydrogen-bond acceptors (Lipinski definition) is 4. The van der Waals surface area contributed by atoms with Gasteiger partial charge in [0.25, 0.3) is 5.91 Å². The van der Waals surface area contributed by atoms with Crippen molar-refractivity contribution in [3.05, 3.63) is 23.8 Å². The van der Waals surface area contributed by atoms with E-state index in [1.807, 2.05) is 4.90 Å². The quantitative estimate of drug-likeness (QED) is 0.787. The Bertz CT molecular complexity index is 806. The number of likely N-dealkylation sites (tertiary alicyclic amines) is 1. The zero-order valence-corrected chi connectivity index (χ0v) is 17.5. The summed E-state index contributed by atoms with van der Waals surface area (Å²) >= 11 is 0. The maximum Gasteiger partial charge on any atom is 0.254 e. The van der Waals surface area contributed by atoms with Gasteiger partial charge in [-0.3, -0.25) is 4.79 Å². The lowest BCUT2D eigenvalue weighted by atomic mass is 9.72. The van der Waals surface area contributed by atoms with E-state index >= 15 is 0 Å². The molecular formula is C20H30N2O4S. The van der Waals surface area contributed by atoms with Gasteiger partial charge in [0.1, 0.15) is 10.6 Å². The Morgan fingerprint density at radius 2 is 1.89 bits per heavy atom. The highest BCUT2D eigenvalue weighted by Gasteiger charge is 2.39. The first-order chi connectivity index (χ1) is 12.8. The summed E-state index contributed by atoms with van der Waals surface area (Å²) in [5.41, 5.74) is 0.412. The summed E-state index contributed by atoms with van der Waals surface area (Å²) in [6, 6.07) is 4.98. The van der Waals surface area contributed by atoms with Crippen molar-refractivity contribution in [3.8, 4) is 5.75 Å². The summed E-state index contributed by atoms with van der Waals surface area (Å²) in [5.74, 6) is 1.37. The molecule has 6 nitrogen and oxygen atoms in total. The summed E-state index contributed by atoms with van der Waals surface area (Å²) in [7, 11) is 0.682. The van der Waals surface area contributed by atoms with Crippen LogP contribution >= 0.6 is 0 Å². The van der Waals surface area contributed by atoms with Crippen LogP contribution in [0.5, 0.6) is 5.75 Å². The fourth-order valence-electron chi connectivity index (χ4n) is 4.54. The van der Waals surface area contributed by atoms with Gasteiger partial charge in [0, 0.05) is 32.2 Å². The van der Waals surface area contributed by atoms with E-state index in [2.05, 4.69) is 6.92 Å². The molecule has 2 fully saturated rings. The van der Waals surface area contributed by atoms with Crippen molar-refractivity contribution in [2.45, 2.75) is 50.0 Å². The van der Waals surface area contributed by atoms with Crippen molar-refractivity contribution in [1.82, 2.24) is 9.21 Å². The van der Waals surface area contributed by atoms with Gasteiger partial charge in [0.15, 0.2) is 0 Å². The molecule has 3 unspecified atom stereocenters. The van der Waals surface area contributed by atoms with E-state index in [9.17, 15) is 13.2 Å². The first-order valence-corrected chi connectivity index (χ1v) is 11.1. The minimum atomic E-state index is -3.70. The second kappa shape index (κ2) is 7.80. The van der Waals surface area contributed by atoms with E-state index in [-0.39, 0.29) is 22.6 Å².